The molecule has 0 N–H and O–H groups in total. The van der Waals surface area contributed by atoms with Gasteiger partial charge in [-0.2, -0.15) is 0 Å². The highest BCUT2D eigenvalue weighted by Gasteiger charge is 2.21. The molecule has 1 aromatic heterocycles. The molecule has 2 aromatic rings. The summed E-state index contributed by atoms with van der Waals surface area (Å²) in [7, 11) is 1.64. The van der Waals surface area contributed by atoms with Crippen LogP contribution >= 0.6 is 0 Å². The molecule has 25 heavy (non-hydrogen) atoms. The molecule has 1 aromatic carbocycles. The molecular formula is C17H19N3O5. The Morgan fingerprint density at radius 1 is 1.16 bits per heavy atom. The van der Waals surface area contributed by atoms with Crippen molar-refractivity contribution in [3.63, 3.8) is 0 Å². The average Bonchev–Trinajstić information content (AvgIpc) is 2.97. The monoisotopic (exact) mass is 345 g/mol. The number of ether oxygens (including phenoxy) is 2. The number of nitrogens with zero attached hydrogens (tertiary/aromatic N) is 3. The highest BCUT2D eigenvalue weighted by atomic mass is 16.6. The van der Waals surface area contributed by atoms with E-state index < -0.39 is 11.9 Å². The quantitative estimate of drug-likeness (QED) is 0.341. The first-order valence-electron chi connectivity index (χ1n) is 7.74. The zero-order valence-electron chi connectivity index (χ0n) is 14.3. The van der Waals surface area contributed by atoms with Crippen LogP contribution in [0.25, 0.3) is 11.5 Å². The number of hydrogen-bond acceptors (Lipinski definition) is 7. The second-order valence-electron chi connectivity index (χ2n) is 4.79. The lowest BCUT2D eigenvalue weighted by Gasteiger charge is -2.04. The largest absolute Gasteiger partial charge is 0.462 e. The number of carbonyl (C=O) groups excluding carboxylic acids is 2. The molecule has 0 spiro atoms. The first-order chi connectivity index (χ1) is 12.1. The highest BCUT2D eigenvalue weighted by Crippen LogP contribution is 2.13. The van der Waals surface area contributed by atoms with Crippen molar-refractivity contribution >= 4 is 11.9 Å². The molecule has 0 saturated carbocycles. The van der Waals surface area contributed by atoms with Crippen LogP contribution in [0.3, 0.4) is 0 Å². The maximum Gasteiger partial charge on any atom is 0.347 e. The molecule has 2 rings (SSSR count). The molecule has 0 radical (unpaired) electrons. The fourth-order valence-electron chi connectivity index (χ4n) is 1.89. The first kappa shape index (κ1) is 18.2. The summed E-state index contributed by atoms with van der Waals surface area (Å²) in [6, 6.07) is 9.28. The van der Waals surface area contributed by atoms with Crippen LogP contribution in [0.5, 0.6) is 0 Å². The van der Waals surface area contributed by atoms with Gasteiger partial charge >= 0.3 is 17.6 Å². The summed E-state index contributed by atoms with van der Waals surface area (Å²) in [6.07, 6.45) is 1.06. The van der Waals surface area contributed by atoms with Gasteiger partial charge in [0.15, 0.2) is 5.57 Å². The summed E-state index contributed by atoms with van der Waals surface area (Å²) in [5.41, 5.74) is 0.575. The third-order valence-corrected chi connectivity index (χ3v) is 3.02. The Balaban J connectivity index is 2.39. The van der Waals surface area contributed by atoms with Crippen molar-refractivity contribution in [2.75, 3.05) is 13.2 Å². The van der Waals surface area contributed by atoms with Crippen LogP contribution < -0.4 is 5.68 Å². The summed E-state index contributed by atoms with van der Waals surface area (Å²) in [5, 5.41) is 4.22. The van der Waals surface area contributed by atoms with Gasteiger partial charge in [-0.15, -0.1) is 5.10 Å². The lowest BCUT2D eigenvalue weighted by atomic mass is 10.2. The van der Waals surface area contributed by atoms with Gasteiger partial charge in [0.05, 0.1) is 19.4 Å². The molecule has 0 aliphatic carbocycles. The van der Waals surface area contributed by atoms with Crippen molar-refractivity contribution in [1.29, 1.82) is 0 Å². The third-order valence-electron chi connectivity index (χ3n) is 3.02. The minimum Gasteiger partial charge on any atom is -0.462 e. The van der Waals surface area contributed by atoms with E-state index in [1.54, 1.807) is 20.9 Å². The Hall–Kier alpha value is -3.16. The predicted octanol–water partition coefficient (Wildman–Crippen LogP) is 1.59. The maximum absolute atomic E-state index is 11.9. The summed E-state index contributed by atoms with van der Waals surface area (Å²) < 4.78 is 16.6. The molecule has 8 nitrogen and oxygen atoms in total. The molecule has 0 aliphatic rings. The van der Waals surface area contributed by atoms with E-state index >= 15 is 0 Å². The van der Waals surface area contributed by atoms with Crippen LogP contribution in [-0.2, 0) is 26.1 Å². The van der Waals surface area contributed by atoms with Gasteiger partial charge in [-0.1, -0.05) is 18.2 Å². The van der Waals surface area contributed by atoms with E-state index in [2.05, 4.69) is 10.1 Å². The van der Waals surface area contributed by atoms with Gasteiger partial charge in [-0.3, -0.25) is 0 Å². The van der Waals surface area contributed by atoms with Crippen LogP contribution in [0.4, 0.5) is 0 Å². The van der Waals surface area contributed by atoms with E-state index in [1.807, 2.05) is 30.3 Å². The lowest BCUT2D eigenvalue weighted by Crippen LogP contribution is -2.19. The zero-order valence-corrected chi connectivity index (χ0v) is 14.3. The van der Waals surface area contributed by atoms with Crippen LogP contribution in [0, 0.1) is 0 Å². The molecule has 132 valence electrons. The minimum atomic E-state index is -0.810. The number of aryl methyl sites for hydroxylation is 1. The van der Waals surface area contributed by atoms with Crippen LogP contribution in [0.15, 0.2) is 51.5 Å². The van der Waals surface area contributed by atoms with E-state index in [0.717, 1.165) is 11.8 Å². The second kappa shape index (κ2) is 8.62. The Morgan fingerprint density at radius 3 is 2.32 bits per heavy atom. The Kier molecular flexibility index (Phi) is 6.27. The number of benzene rings is 1. The van der Waals surface area contributed by atoms with Crippen molar-refractivity contribution < 1.29 is 23.5 Å². The van der Waals surface area contributed by atoms with Crippen molar-refractivity contribution in [2.24, 2.45) is 12.0 Å². The van der Waals surface area contributed by atoms with Crippen molar-refractivity contribution in [2.45, 2.75) is 13.8 Å². The molecule has 0 bridgehead atoms. The van der Waals surface area contributed by atoms with Gasteiger partial charge in [0.1, 0.15) is 0 Å². The van der Waals surface area contributed by atoms with Gasteiger partial charge < -0.3 is 13.9 Å². The SMILES string of the molecule is CCOC(=O)C(=C/N=c1/oc(-c2ccccc2)nn1C)C(=O)OCC. The summed E-state index contributed by atoms with van der Waals surface area (Å²) in [6.45, 7) is 3.54. The zero-order chi connectivity index (χ0) is 18.2. The van der Waals surface area contributed by atoms with Crippen molar-refractivity contribution in [1.82, 2.24) is 9.78 Å². The molecular weight excluding hydrogens is 326 g/mol. The molecule has 0 saturated heterocycles. The summed E-state index contributed by atoms with van der Waals surface area (Å²) >= 11 is 0. The Labute approximate surface area is 144 Å². The van der Waals surface area contributed by atoms with Gasteiger partial charge in [-0.05, 0) is 26.0 Å². The number of carbonyl (C=O) groups is 2. The number of hydrogen-bond donors (Lipinski definition) is 0. The molecule has 1 heterocycles. The fraction of sp³-hybridized carbons (Fsp3) is 0.294. The van der Waals surface area contributed by atoms with Gasteiger partial charge in [-0.25, -0.2) is 19.3 Å². The fourth-order valence-corrected chi connectivity index (χ4v) is 1.89. The van der Waals surface area contributed by atoms with E-state index in [9.17, 15) is 9.59 Å². The van der Waals surface area contributed by atoms with Crippen LogP contribution in [-0.4, -0.2) is 34.9 Å². The minimum absolute atomic E-state index is 0.116. The molecule has 0 unspecified atom stereocenters. The number of aromatic nitrogens is 2. The smallest absolute Gasteiger partial charge is 0.347 e. The maximum atomic E-state index is 11.9. The normalized spacial score (nSPS) is 11.1. The van der Waals surface area contributed by atoms with Crippen LogP contribution in [0.2, 0.25) is 0 Å². The second-order valence-corrected chi connectivity index (χ2v) is 4.79. The van der Waals surface area contributed by atoms with E-state index in [1.165, 1.54) is 4.68 Å². The average molecular weight is 345 g/mol. The van der Waals surface area contributed by atoms with Crippen molar-refractivity contribution in [3.05, 3.63) is 47.8 Å². The summed E-state index contributed by atoms with van der Waals surface area (Å²) in [4.78, 5) is 27.8. The number of rotatable bonds is 6. The summed E-state index contributed by atoms with van der Waals surface area (Å²) in [5.74, 6) is -1.26. The lowest BCUT2D eigenvalue weighted by molar-refractivity contribution is -0.146. The van der Waals surface area contributed by atoms with Gasteiger partial charge in [0.2, 0.25) is 5.89 Å². The molecule has 0 fully saturated rings. The van der Waals surface area contributed by atoms with Crippen LogP contribution in [0.1, 0.15) is 13.8 Å². The van der Waals surface area contributed by atoms with E-state index in [0.29, 0.717) is 5.89 Å². The topological polar surface area (TPSA) is 95.9 Å². The predicted molar refractivity (Wildman–Crippen MR) is 87.8 cm³/mol. The van der Waals surface area contributed by atoms with E-state index in [4.69, 9.17) is 13.9 Å². The molecule has 0 atom stereocenters. The third kappa shape index (κ3) is 4.66. The first-order valence-corrected chi connectivity index (χ1v) is 7.74. The van der Waals surface area contributed by atoms with Gasteiger partial charge in [0, 0.05) is 12.6 Å². The Morgan fingerprint density at radius 2 is 1.76 bits per heavy atom. The van der Waals surface area contributed by atoms with Gasteiger partial charge in [0.25, 0.3) is 0 Å². The standard InChI is InChI=1S/C17H19N3O5/c1-4-23-15(21)13(16(22)24-5-2)11-18-17-20(3)19-14(25-17)12-9-7-6-8-10-12/h6-11H,4-5H2,1-3H3/b18-17+. The molecule has 0 amide bonds. The Bertz CT molecular complexity index is 813. The molecule has 8 heteroatoms. The highest BCUT2D eigenvalue weighted by molar-refractivity contribution is 6.13. The number of esters is 2. The van der Waals surface area contributed by atoms with Crippen molar-refractivity contribution in [3.8, 4) is 11.5 Å². The molecule has 0 aliphatic heterocycles. The van der Waals surface area contributed by atoms with E-state index in [-0.39, 0.29) is 24.5 Å².